The molecule has 0 bridgehead atoms. The van der Waals surface area contributed by atoms with Crippen molar-refractivity contribution in [3.05, 3.63) is 12.2 Å². The Balaban J connectivity index is 3.22. The highest BCUT2D eigenvalue weighted by atomic mass is 16.7. The second-order valence-corrected chi connectivity index (χ2v) is 5.97. The summed E-state index contributed by atoms with van der Waals surface area (Å²) in [6.45, 7) is 2.25. The third-order valence-electron chi connectivity index (χ3n) is 3.88. The second kappa shape index (κ2) is 16.5. The quantitative estimate of drug-likeness (QED) is 0.267. The molecule has 0 radical (unpaired) electrons. The van der Waals surface area contributed by atoms with Crippen LogP contribution < -0.4 is 5.90 Å². The van der Waals surface area contributed by atoms with Crippen LogP contribution in [-0.4, -0.2) is 17.2 Å². The van der Waals surface area contributed by atoms with Crippen LogP contribution in [0.5, 0.6) is 0 Å². The maximum Gasteiger partial charge on any atom is 0.353 e. The Morgan fingerprint density at radius 1 is 0.955 bits per heavy atom. The van der Waals surface area contributed by atoms with Crippen LogP contribution in [-0.2, 0) is 9.63 Å². The van der Waals surface area contributed by atoms with Gasteiger partial charge in [-0.2, -0.15) is 5.90 Å². The molecule has 1 atom stereocenters. The molecule has 0 aromatic carbocycles. The number of allylic oxidation sites excluding steroid dienone is 2. The summed E-state index contributed by atoms with van der Waals surface area (Å²) in [5, 5.41) is 9.34. The third kappa shape index (κ3) is 14.1. The van der Waals surface area contributed by atoms with E-state index in [1.165, 1.54) is 51.4 Å². The summed E-state index contributed by atoms with van der Waals surface area (Å²) in [6.07, 6.45) is 18.6. The van der Waals surface area contributed by atoms with Gasteiger partial charge in [0.1, 0.15) is 0 Å². The maximum atomic E-state index is 10.9. The van der Waals surface area contributed by atoms with Crippen molar-refractivity contribution in [3.8, 4) is 0 Å². The fourth-order valence-electron chi connectivity index (χ4n) is 2.43. The molecule has 0 heterocycles. The van der Waals surface area contributed by atoms with Crippen LogP contribution in [0.2, 0.25) is 0 Å². The Bertz CT molecular complexity index is 280. The maximum absolute atomic E-state index is 10.9. The van der Waals surface area contributed by atoms with Gasteiger partial charge < -0.3 is 9.94 Å². The van der Waals surface area contributed by atoms with Gasteiger partial charge >= 0.3 is 5.97 Å². The van der Waals surface area contributed by atoms with Crippen molar-refractivity contribution in [1.82, 2.24) is 0 Å². The third-order valence-corrected chi connectivity index (χ3v) is 3.88. The molecule has 4 nitrogen and oxygen atoms in total. The Labute approximate surface area is 136 Å². The first-order valence-electron chi connectivity index (χ1n) is 8.96. The topological polar surface area (TPSA) is 72.5 Å². The normalized spacial score (nSPS) is 12.7. The number of hydrogen-bond donors (Lipinski definition) is 2. The first-order chi connectivity index (χ1) is 10.7. The van der Waals surface area contributed by atoms with E-state index in [1.807, 2.05) is 0 Å². The minimum atomic E-state index is -1.07. The fourth-order valence-corrected chi connectivity index (χ4v) is 2.43. The highest BCUT2D eigenvalue weighted by Crippen LogP contribution is 2.10. The number of unbranched alkanes of at least 4 members (excludes halogenated alkanes) is 10. The van der Waals surface area contributed by atoms with Crippen LogP contribution in [0.25, 0.3) is 0 Å². The minimum absolute atomic E-state index is 0.434. The number of hydrogen-bond acceptors (Lipinski definition) is 4. The molecule has 0 aliphatic rings. The molecular weight excluding hydrogens is 278 g/mol. The molecule has 4 heteroatoms. The summed E-state index contributed by atoms with van der Waals surface area (Å²) < 4.78 is 0. The van der Waals surface area contributed by atoms with Crippen molar-refractivity contribution in [3.63, 3.8) is 0 Å². The van der Waals surface area contributed by atoms with Crippen molar-refractivity contribution in [2.24, 2.45) is 5.90 Å². The lowest BCUT2D eigenvalue weighted by Crippen LogP contribution is -2.25. The molecule has 130 valence electrons. The molecule has 0 aliphatic carbocycles. The molecule has 22 heavy (non-hydrogen) atoms. The zero-order chi connectivity index (χ0) is 16.5. The summed E-state index contributed by atoms with van der Waals surface area (Å²) in [6, 6.07) is 0. The van der Waals surface area contributed by atoms with Gasteiger partial charge in [0.05, 0.1) is 0 Å². The van der Waals surface area contributed by atoms with E-state index < -0.39 is 12.1 Å². The van der Waals surface area contributed by atoms with Gasteiger partial charge in [-0.3, -0.25) is 0 Å². The molecule has 0 fully saturated rings. The molecule has 0 aromatic heterocycles. The Morgan fingerprint density at radius 2 is 1.45 bits per heavy atom. The minimum Gasteiger partial charge on any atom is -0.381 e. The lowest BCUT2D eigenvalue weighted by atomic mass is 10.1. The van der Waals surface area contributed by atoms with Crippen LogP contribution in [0.4, 0.5) is 0 Å². The van der Waals surface area contributed by atoms with Gasteiger partial charge in [-0.25, -0.2) is 4.79 Å². The number of carbonyl (C=O) groups excluding carboxylic acids is 1. The van der Waals surface area contributed by atoms with E-state index in [9.17, 15) is 9.90 Å². The summed E-state index contributed by atoms with van der Waals surface area (Å²) >= 11 is 0. The second-order valence-electron chi connectivity index (χ2n) is 5.97. The predicted molar refractivity (Wildman–Crippen MR) is 91.1 cm³/mol. The van der Waals surface area contributed by atoms with E-state index in [-0.39, 0.29) is 0 Å². The van der Waals surface area contributed by atoms with Gasteiger partial charge in [-0.1, -0.05) is 70.4 Å². The molecule has 0 spiro atoms. The predicted octanol–water partition coefficient (Wildman–Crippen LogP) is 4.41. The van der Waals surface area contributed by atoms with E-state index in [2.05, 4.69) is 23.9 Å². The Morgan fingerprint density at radius 3 is 2.00 bits per heavy atom. The molecular formula is C18H35NO3. The number of rotatable bonds is 15. The average molecular weight is 313 g/mol. The van der Waals surface area contributed by atoms with E-state index in [4.69, 9.17) is 5.90 Å². The fraction of sp³-hybridized carbons (Fsp3) is 0.833. The lowest BCUT2D eigenvalue weighted by Gasteiger charge is -2.06. The van der Waals surface area contributed by atoms with Gasteiger partial charge in [-0.05, 0) is 32.1 Å². The van der Waals surface area contributed by atoms with Crippen LogP contribution >= 0.6 is 0 Å². The molecule has 0 aliphatic heterocycles. The summed E-state index contributed by atoms with van der Waals surface area (Å²) in [5.74, 6) is 3.97. The van der Waals surface area contributed by atoms with Crippen molar-refractivity contribution in [2.45, 2.75) is 96.5 Å². The number of nitrogens with two attached hydrogens (primary N) is 1. The van der Waals surface area contributed by atoms with Crippen LogP contribution in [0, 0.1) is 0 Å². The smallest absolute Gasteiger partial charge is 0.353 e. The molecule has 1 unspecified atom stereocenters. The number of carbonyl (C=O) groups is 1. The van der Waals surface area contributed by atoms with Crippen LogP contribution in [0.1, 0.15) is 90.4 Å². The Kier molecular flexibility index (Phi) is 15.8. The number of aliphatic hydroxyl groups is 1. The SMILES string of the molecule is CCCCCCCC/C=C\CCCCCCC(O)C(=O)ON. The van der Waals surface area contributed by atoms with E-state index >= 15 is 0 Å². The monoisotopic (exact) mass is 313 g/mol. The highest BCUT2D eigenvalue weighted by Gasteiger charge is 2.14. The first-order valence-corrected chi connectivity index (χ1v) is 8.96. The van der Waals surface area contributed by atoms with Gasteiger partial charge in [0.15, 0.2) is 6.10 Å². The summed E-state index contributed by atoms with van der Waals surface area (Å²) in [5.41, 5.74) is 0. The van der Waals surface area contributed by atoms with Crippen molar-refractivity contribution in [2.75, 3.05) is 0 Å². The lowest BCUT2D eigenvalue weighted by molar-refractivity contribution is -0.154. The van der Waals surface area contributed by atoms with Gasteiger partial charge in [-0.15, -0.1) is 0 Å². The van der Waals surface area contributed by atoms with Crippen LogP contribution in [0.15, 0.2) is 12.2 Å². The van der Waals surface area contributed by atoms with E-state index in [0.717, 1.165) is 25.7 Å². The zero-order valence-electron chi connectivity index (χ0n) is 14.3. The molecule has 0 rings (SSSR count). The summed E-state index contributed by atoms with van der Waals surface area (Å²) in [7, 11) is 0. The van der Waals surface area contributed by atoms with Crippen LogP contribution in [0.3, 0.4) is 0 Å². The van der Waals surface area contributed by atoms with Gasteiger partial charge in [0, 0.05) is 0 Å². The van der Waals surface area contributed by atoms with Gasteiger partial charge in [0.25, 0.3) is 0 Å². The molecule has 3 N–H and O–H groups in total. The largest absolute Gasteiger partial charge is 0.381 e. The van der Waals surface area contributed by atoms with E-state index in [0.29, 0.717) is 6.42 Å². The summed E-state index contributed by atoms with van der Waals surface area (Å²) in [4.78, 5) is 14.9. The molecule has 0 aromatic rings. The average Bonchev–Trinajstić information content (AvgIpc) is 2.54. The van der Waals surface area contributed by atoms with Crippen molar-refractivity contribution in [1.29, 1.82) is 0 Å². The molecule has 0 saturated heterocycles. The first kappa shape index (κ1) is 21.1. The van der Waals surface area contributed by atoms with Crippen molar-refractivity contribution < 1.29 is 14.7 Å². The van der Waals surface area contributed by atoms with Crippen molar-refractivity contribution >= 4 is 5.97 Å². The Hall–Kier alpha value is -0.870. The highest BCUT2D eigenvalue weighted by molar-refractivity contribution is 5.73. The molecule has 0 saturated carbocycles. The van der Waals surface area contributed by atoms with Gasteiger partial charge in [0.2, 0.25) is 0 Å². The number of aliphatic hydroxyl groups excluding tert-OH is 1. The standard InChI is InChI=1S/C18H35NO3/c1-2-3-4-5-6-7-8-9-10-11-12-13-14-15-16-17(20)18(21)22-19/h9-10,17,20H,2-8,11-16,19H2,1H3/b10-9-. The van der Waals surface area contributed by atoms with E-state index in [1.54, 1.807) is 0 Å². The molecule has 0 amide bonds. The zero-order valence-corrected chi connectivity index (χ0v) is 14.3.